The van der Waals surface area contributed by atoms with E-state index in [9.17, 15) is 9.59 Å². The normalized spacial score (nSPS) is 11.0. The van der Waals surface area contributed by atoms with Crippen LogP contribution < -0.4 is 15.4 Å². The van der Waals surface area contributed by atoms with Gasteiger partial charge in [0.25, 0.3) is 0 Å². The highest BCUT2D eigenvalue weighted by Gasteiger charge is 2.22. The van der Waals surface area contributed by atoms with Gasteiger partial charge in [0.15, 0.2) is 0 Å². The number of hydrogen-bond acceptors (Lipinski definition) is 3. The van der Waals surface area contributed by atoms with Crippen molar-refractivity contribution in [2.45, 2.75) is 46.5 Å². The first-order chi connectivity index (χ1) is 10.6. The van der Waals surface area contributed by atoms with Gasteiger partial charge in [-0.25, -0.2) is 0 Å². The summed E-state index contributed by atoms with van der Waals surface area (Å²) in [5, 5.41) is 5.45. The lowest BCUT2D eigenvalue weighted by Gasteiger charge is -2.24. The first-order valence-corrected chi connectivity index (χ1v) is 7.84. The van der Waals surface area contributed by atoms with Crippen molar-refractivity contribution in [3.8, 4) is 5.75 Å². The van der Waals surface area contributed by atoms with Gasteiger partial charge in [0.2, 0.25) is 11.8 Å². The second-order valence-electron chi connectivity index (χ2n) is 6.76. The van der Waals surface area contributed by atoms with Crippen molar-refractivity contribution in [2.24, 2.45) is 0 Å². The molecule has 0 aliphatic carbocycles. The molecule has 1 aromatic carbocycles. The van der Waals surface area contributed by atoms with Gasteiger partial charge in [0, 0.05) is 31.1 Å². The summed E-state index contributed by atoms with van der Waals surface area (Å²) in [7, 11) is 1.64. The summed E-state index contributed by atoms with van der Waals surface area (Å²) < 4.78 is 5.58. The first kappa shape index (κ1) is 19.0. The average Bonchev–Trinajstić information content (AvgIpc) is 2.42. The second kappa shape index (κ2) is 7.99. The molecule has 128 valence electrons. The molecule has 5 heteroatoms. The molecule has 0 fully saturated rings. The van der Waals surface area contributed by atoms with E-state index in [-0.39, 0.29) is 23.7 Å². The molecular formula is C18H28N2O3. The van der Waals surface area contributed by atoms with Crippen molar-refractivity contribution in [2.75, 3.05) is 20.2 Å². The number of carbonyl (C=O) groups excluding carboxylic acids is 2. The Kier molecular flexibility index (Phi) is 6.61. The molecular weight excluding hydrogens is 292 g/mol. The molecule has 1 rings (SSSR count). The summed E-state index contributed by atoms with van der Waals surface area (Å²) in [5.41, 5.74) is 3.03. The maximum Gasteiger partial charge on any atom is 0.224 e. The number of aryl methyl sites for hydroxylation is 1. The Morgan fingerprint density at radius 2 is 1.74 bits per heavy atom. The summed E-state index contributed by atoms with van der Waals surface area (Å²) in [6, 6.07) is 4.10. The lowest BCUT2D eigenvalue weighted by molar-refractivity contribution is -0.121. The van der Waals surface area contributed by atoms with Gasteiger partial charge in [-0.1, -0.05) is 38.5 Å². The number of ether oxygens (including phenoxy) is 1. The third-order valence-electron chi connectivity index (χ3n) is 3.49. The summed E-state index contributed by atoms with van der Waals surface area (Å²) in [4.78, 5) is 22.9. The lowest BCUT2D eigenvalue weighted by Crippen LogP contribution is -2.34. The van der Waals surface area contributed by atoms with Crippen LogP contribution in [-0.2, 0) is 21.4 Å². The van der Waals surface area contributed by atoms with Crippen LogP contribution in [-0.4, -0.2) is 32.0 Å². The first-order valence-electron chi connectivity index (χ1n) is 7.84. The largest absolute Gasteiger partial charge is 0.496 e. The molecule has 0 bridgehead atoms. The molecule has 0 aliphatic heterocycles. The number of rotatable bonds is 6. The molecule has 0 saturated carbocycles. The van der Waals surface area contributed by atoms with Crippen LogP contribution in [0, 0.1) is 6.92 Å². The van der Waals surface area contributed by atoms with E-state index >= 15 is 0 Å². The number of benzene rings is 1. The molecule has 0 unspecified atom stereocenters. The smallest absolute Gasteiger partial charge is 0.224 e. The van der Waals surface area contributed by atoms with Crippen LogP contribution in [0.15, 0.2) is 12.1 Å². The van der Waals surface area contributed by atoms with Crippen molar-refractivity contribution in [3.05, 3.63) is 28.8 Å². The number of amides is 2. The summed E-state index contributed by atoms with van der Waals surface area (Å²) in [5.74, 6) is 0.591. The Bertz CT molecular complexity index is 574. The van der Waals surface area contributed by atoms with Crippen molar-refractivity contribution >= 4 is 11.8 Å². The zero-order chi connectivity index (χ0) is 17.6. The number of methoxy groups -OCH3 is 1. The molecule has 0 aromatic heterocycles. The van der Waals surface area contributed by atoms with Crippen molar-refractivity contribution in [1.29, 1.82) is 0 Å². The Hall–Kier alpha value is -2.04. The number of nitrogens with one attached hydrogen (secondary N) is 2. The zero-order valence-corrected chi connectivity index (χ0v) is 15.0. The molecule has 0 heterocycles. The maximum absolute atomic E-state index is 12.1. The van der Waals surface area contributed by atoms with E-state index in [4.69, 9.17) is 4.74 Å². The van der Waals surface area contributed by atoms with Crippen LogP contribution in [0.2, 0.25) is 0 Å². The molecule has 0 aliphatic rings. The monoisotopic (exact) mass is 320 g/mol. The third-order valence-corrected chi connectivity index (χ3v) is 3.49. The molecule has 1 aromatic rings. The predicted molar refractivity (Wildman–Crippen MR) is 91.8 cm³/mol. The fraction of sp³-hybridized carbons (Fsp3) is 0.556. The summed E-state index contributed by atoms with van der Waals surface area (Å²) in [6.45, 7) is 10.7. The summed E-state index contributed by atoms with van der Waals surface area (Å²) >= 11 is 0. The molecule has 0 spiro atoms. The molecule has 2 amide bonds. The predicted octanol–water partition coefficient (Wildman–Crippen LogP) is 2.10. The van der Waals surface area contributed by atoms with Crippen LogP contribution >= 0.6 is 0 Å². The van der Waals surface area contributed by atoms with E-state index in [2.05, 4.69) is 37.5 Å². The Morgan fingerprint density at radius 1 is 1.13 bits per heavy atom. The van der Waals surface area contributed by atoms with Crippen LogP contribution in [0.4, 0.5) is 0 Å². The zero-order valence-electron chi connectivity index (χ0n) is 15.0. The van der Waals surface area contributed by atoms with Gasteiger partial charge in [-0.2, -0.15) is 0 Å². The van der Waals surface area contributed by atoms with Crippen molar-refractivity contribution in [1.82, 2.24) is 10.6 Å². The fourth-order valence-electron chi connectivity index (χ4n) is 2.45. The lowest BCUT2D eigenvalue weighted by atomic mass is 9.83. The highest BCUT2D eigenvalue weighted by molar-refractivity contribution is 5.80. The van der Waals surface area contributed by atoms with Crippen molar-refractivity contribution < 1.29 is 14.3 Å². The van der Waals surface area contributed by atoms with E-state index in [0.717, 1.165) is 22.4 Å². The molecule has 23 heavy (non-hydrogen) atoms. The molecule has 2 N–H and O–H groups in total. The van der Waals surface area contributed by atoms with Crippen LogP contribution in [0.5, 0.6) is 5.75 Å². The maximum atomic E-state index is 12.1. The van der Waals surface area contributed by atoms with Gasteiger partial charge in [-0.15, -0.1) is 0 Å². The van der Waals surface area contributed by atoms with Gasteiger partial charge in [-0.3, -0.25) is 9.59 Å². The second-order valence-corrected chi connectivity index (χ2v) is 6.76. The SMILES string of the molecule is COc1c(CC(=O)NCCNC(C)=O)cc(C)cc1C(C)(C)C. The number of hydrogen-bond donors (Lipinski definition) is 2. The molecule has 0 radical (unpaired) electrons. The van der Waals surface area contributed by atoms with Gasteiger partial charge in [0.05, 0.1) is 13.5 Å². The third kappa shape index (κ3) is 5.93. The Labute approximate surface area is 138 Å². The topological polar surface area (TPSA) is 67.4 Å². The van der Waals surface area contributed by atoms with Crippen LogP contribution in [0.25, 0.3) is 0 Å². The Balaban J connectivity index is 2.85. The van der Waals surface area contributed by atoms with E-state index in [1.807, 2.05) is 13.0 Å². The van der Waals surface area contributed by atoms with E-state index < -0.39 is 0 Å². The van der Waals surface area contributed by atoms with E-state index in [1.165, 1.54) is 6.92 Å². The van der Waals surface area contributed by atoms with Gasteiger partial charge >= 0.3 is 0 Å². The fourth-order valence-corrected chi connectivity index (χ4v) is 2.45. The van der Waals surface area contributed by atoms with Crippen LogP contribution in [0.3, 0.4) is 0 Å². The summed E-state index contributed by atoms with van der Waals surface area (Å²) in [6.07, 6.45) is 0.258. The van der Waals surface area contributed by atoms with Gasteiger partial charge in [-0.05, 0) is 12.3 Å². The average molecular weight is 320 g/mol. The molecule has 0 saturated heterocycles. The Morgan fingerprint density at radius 3 is 2.26 bits per heavy atom. The minimum absolute atomic E-state index is 0.0615. The van der Waals surface area contributed by atoms with Gasteiger partial charge in [0.1, 0.15) is 5.75 Å². The van der Waals surface area contributed by atoms with Crippen molar-refractivity contribution in [3.63, 3.8) is 0 Å². The highest BCUT2D eigenvalue weighted by Crippen LogP contribution is 2.35. The minimum Gasteiger partial charge on any atom is -0.496 e. The highest BCUT2D eigenvalue weighted by atomic mass is 16.5. The van der Waals surface area contributed by atoms with E-state index in [0.29, 0.717) is 13.1 Å². The molecule has 5 nitrogen and oxygen atoms in total. The van der Waals surface area contributed by atoms with Gasteiger partial charge < -0.3 is 15.4 Å². The standard InChI is InChI=1S/C18H28N2O3/c1-12-9-14(11-16(22)20-8-7-19-13(2)21)17(23-6)15(10-12)18(3,4)5/h9-10H,7-8,11H2,1-6H3,(H,19,21)(H,20,22). The van der Waals surface area contributed by atoms with E-state index in [1.54, 1.807) is 7.11 Å². The minimum atomic E-state index is -0.102. The van der Waals surface area contributed by atoms with Crippen LogP contribution in [0.1, 0.15) is 44.4 Å². The molecule has 0 atom stereocenters. The number of carbonyl (C=O) groups is 2. The quantitative estimate of drug-likeness (QED) is 0.789.